The fourth-order valence-corrected chi connectivity index (χ4v) is 2.46. The van der Waals surface area contributed by atoms with Crippen molar-refractivity contribution in [2.45, 2.75) is 6.04 Å². The van der Waals surface area contributed by atoms with Crippen LogP contribution in [-0.2, 0) is 4.74 Å². The van der Waals surface area contributed by atoms with Gasteiger partial charge in [0.05, 0.1) is 10.9 Å². The molecule has 0 bridgehead atoms. The summed E-state index contributed by atoms with van der Waals surface area (Å²) in [5.74, 6) is 1.88. The predicted molar refractivity (Wildman–Crippen MR) is 59.0 cm³/mol. The number of thiophene rings is 1. The van der Waals surface area contributed by atoms with Crippen LogP contribution in [0.4, 0.5) is 0 Å². The Morgan fingerprint density at radius 3 is 3.38 bits per heavy atom. The van der Waals surface area contributed by atoms with Crippen LogP contribution in [0.1, 0.15) is 4.88 Å². The van der Waals surface area contributed by atoms with E-state index in [1.165, 1.54) is 0 Å². The molecule has 1 atom stereocenters. The number of ether oxygens (including phenoxy) is 1. The molecule has 0 N–H and O–H groups in total. The summed E-state index contributed by atoms with van der Waals surface area (Å²) in [6, 6.07) is 4.42. The molecule has 2 heterocycles. The van der Waals surface area contributed by atoms with Gasteiger partial charge in [-0.15, -0.1) is 11.3 Å². The molecule has 1 aromatic heterocycles. The first-order valence-corrected chi connectivity index (χ1v) is 6.41. The van der Waals surface area contributed by atoms with E-state index in [2.05, 4.69) is 11.2 Å². The first-order chi connectivity index (χ1) is 6.40. The van der Waals surface area contributed by atoms with Crippen LogP contribution in [0.2, 0.25) is 0 Å². The molecular formula is C9H11NOS2. The van der Waals surface area contributed by atoms with Crippen LogP contribution in [-0.4, -0.2) is 30.6 Å². The van der Waals surface area contributed by atoms with Crippen molar-refractivity contribution < 1.29 is 4.74 Å². The zero-order chi connectivity index (χ0) is 9.10. The lowest BCUT2D eigenvalue weighted by Crippen LogP contribution is -2.08. The minimum absolute atomic E-state index is 0.354. The zero-order valence-electron chi connectivity index (χ0n) is 7.40. The summed E-state index contributed by atoms with van der Waals surface area (Å²) < 4.78 is 5.51. The summed E-state index contributed by atoms with van der Waals surface area (Å²) in [5, 5.41) is 2.04. The first kappa shape index (κ1) is 9.09. The molecule has 0 radical (unpaired) electrons. The molecule has 0 aromatic carbocycles. The maximum atomic E-state index is 5.51. The average Bonchev–Trinajstić information content (AvgIpc) is 2.70. The monoisotopic (exact) mass is 213 g/mol. The van der Waals surface area contributed by atoms with Gasteiger partial charge in [-0.25, -0.2) is 4.99 Å². The summed E-state index contributed by atoms with van der Waals surface area (Å²) >= 11 is 3.49. The van der Waals surface area contributed by atoms with Gasteiger partial charge in [0.25, 0.3) is 0 Å². The Morgan fingerprint density at radius 2 is 2.69 bits per heavy atom. The van der Waals surface area contributed by atoms with Crippen molar-refractivity contribution in [1.29, 1.82) is 0 Å². The Labute approximate surface area is 86.0 Å². The summed E-state index contributed by atoms with van der Waals surface area (Å²) in [6.07, 6.45) is 2.10. The van der Waals surface area contributed by atoms with Crippen molar-refractivity contribution in [3.8, 4) is 0 Å². The largest absolute Gasteiger partial charge is 0.475 e. The predicted octanol–water partition coefficient (Wildman–Crippen LogP) is 2.26. The highest BCUT2D eigenvalue weighted by atomic mass is 32.2. The molecule has 0 spiro atoms. The van der Waals surface area contributed by atoms with Crippen molar-refractivity contribution >= 4 is 29.0 Å². The summed E-state index contributed by atoms with van der Waals surface area (Å²) in [7, 11) is 0. The highest BCUT2D eigenvalue weighted by molar-refractivity contribution is 7.98. The SMILES string of the molecule is CSC[C@H]1COC(c2cccs2)=N1. The van der Waals surface area contributed by atoms with Gasteiger partial charge in [0.15, 0.2) is 0 Å². The van der Waals surface area contributed by atoms with Gasteiger partial charge in [-0.1, -0.05) is 6.07 Å². The Morgan fingerprint density at radius 1 is 1.77 bits per heavy atom. The van der Waals surface area contributed by atoms with Crippen LogP contribution in [0, 0.1) is 0 Å². The minimum Gasteiger partial charge on any atom is -0.475 e. The van der Waals surface area contributed by atoms with E-state index in [1.54, 1.807) is 11.3 Å². The van der Waals surface area contributed by atoms with E-state index in [4.69, 9.17) is 4.74 Å². The fraction of sp³-hybridized carbons (Fsp3) is 0.444. The lowest BCUT2D eigenvalue weighted by molar-refractivity contribution is 0.326. The Balaban J connectivity index is 2.06. The highest BCUT2D eigenvalue weighted by Crippen LogP contribution is 2.17. The third kappa shape index (κ3) is 2.06. The number of thioether (sulfide) groups is 1. The Kier molecular flexibility index (Phi) is 2.90. The van der Waals surface area contributed by atoms with E-state index in [-0.39, 0.29) is 0 Å². The van der Waals surface area contributed by atoms with Gasteiger partial charge < -0.3 is 4.74 Å². The van der Waals surface area contributed by atoms with Gasteiger partial charge in [-0.2, -0.15) is 11.8 Å². The van der Waals surface area contributed by atoms with E-state index in [1.807, 2.05) is 29.3 Å². The van der Waals surface area contributed by atoms with E-state index in [9.17, 15) is 0 Å². The summed E-state index contributed by atoms with van der Waals surface area (Å²) in [6.45, 7) is 0.744. The number of rotatable bonds is 3. The molecule has 13 heavy (non-hydrogen) atoms. The number of hydrogen-bond acceptors (Lipinski definition) is 4. The molecule has 0 saturated heterocycles. The second-order valence-electron chi connectivity index (χ2n) is 2.83. The van der Waals surface area contributed by atoms with E-state index >= 15 is 0 Å². The smallest absolute Gasteiger partial charge is 0.226 e. The molecule has 0 aliphatic carbocycles. The quantitative estimate of drug-likeness (QED) is 0.768. The molecule has 2 nitrogen and oxygen atoms in total. The average molecular weight is 213 g/mol. The lowest BCUT2D eigenvalue weighted by atomic mass is 10.4. The molecule has 1 aliphatic heterocycles. The van der Waals surface area contributed by atoms with Crippen molar-refractivity contribution in [2.75, 3.05) is 18.6 Å². The zero-order valence-corrected chi connectivity index (χ0v) is 9.03. The normalized spacial score (nSPS) is 21.3. The maximum Gasteiger partial charge on any atom is 0.226 e. The van der Waals surface area contributed by atoms with E-state index in [0.29, 0.717) is 6.04 Å². The van der Waals surface area contributed by atoms with Crippen molar-refractivity contribution in [2.24, 2.45) is 4.99 Å². The van der Waals surface area contributed by atoms with Gasteiger partial charge in [0, 0.05) is 5.75 Å². The fourth-order valence-electron chi connectivity index (χ4n) is 1.23. The van der Waals surface area contributed by atoms with Gasteiger partial charge in [-0.05, 0) is 17.7 Å². The van der Waals surface area contributed by atoms with Gasteiger partial charge >= 0.3 is 0 Å². The molecule has 70 valence electrons. The van der Waals surface area contributed by atoms with Crippen LogP contribution < -0.4 is 0 Å². The van der Waals surface area contributed by atoms with Crippen LogP contribution in [0.3, 0.4) is 0 Å². The van der Waals surface area contributed by atoms with E-state index < -0.39 is 0 Å². The van der Waals surface area contributed by atoms with Crippen LogP contribution in [0.15, 0.2) is 22.5 Å². The molecule has 0 unspecified atom stereocenters. The van der Waals surface area contributed by atoms with Crippen LogP contribution in [0.5, 0.6) is 0 Å². The van der Waals surface area contributed by atoms with Gasteiger partial charge in [0.2, 0.25) is 5.90 Å². The van der Waals surface area contributed by atoms with Crippen LogP contribution in [0.25, 0.3) is 0 Å². The van der Waals surface area contributed by atoms with Gasteiger partial charge in [-0.3, -0.25) is 0 Å². The van der Waals surface area contributed by atoms with Crippen molar-refractivity contribution in [3.63, 3.8) is 0 Å². The standard InChI is InChI=1S/C9H11NOS2/c1-12-6-7-5-11-9(10-7)8-3-2-4-13-8/h2-4,7H,5-6H2,1H3/t7-/m1/s1. The Hall–Kier alpha value is -0.480. The van der Waals surface area contributed by atoms with E-state index in [0.717, 1.165) is 23.1 Å². The number of nitrogens with zero attached hydrogens (tertiary/aromatic N) is 1. The molecule has 2 rings (SSSR count). The third-order valence-corrected chi connectivity index (χ3v) is 3.38. The Bertz CT molecular complexity index is 295. The summed E-state index contributed by atoms with van der Waals surface area (Å²) in [5.41, 5.74) is 0. The van der Waals surface area contributed by atoms with Crippen molar-refractivity contribution in [1.82, 2.24) is 0 Å². The molecule has 0 saturated carbocycles. The molecular weight excluding hydrogens is 202 g/mol. The molecule has 4 heteroatoms. The molecule has 1 aromatic rings. The minimum atomic E-state index is 0.354. The second-order valence-corrected chi connectivity index (χ2v) is 4.69. The molecule has 0 amide bonds. The van der Waals surface area contributed by atoms with Crippen molar-refractivity contribution in [3.05, 3.63) is 22.4 Å². The maximum absolute atomic E-state index is 5.51. The number of hydrogen-bond donors (Lipinski definition) is 0. The topological polar surface area (TPSA) is 21.6 Å². The number of aliphatic imine (C=N–C) groups is 1. The third-order valence-electron chi connectivity index (χ3n) is 1.80. The summed E-state index contributed by atoms with van der Waals surface area (Å²) in [4.78, 5) is 5.65. The molecule has 1 aliphatic rings. The first-order valence-electron chi connectivity index (χ1n) is 4.13. The van der Waals surface area contributed by atoms with Gasteiger partial charge in [0.1, 0.15) is 6.61 Å². The van der Waals surface area contributed by atoms with Crippen LogP contribution >= 0.6 is 23.1 Å². The highest BCUT2D eigenvalue weighted by Gasteiger charge is 2.19. The lowest BCUT2D eigenvalue weighted by Gasteiger charge is -1.99. The second kappa shape index (κ2) is 4.15. The molecule has 0 fully saturated rings.